The summed E-state index contributed by atoms with van der Waals surface area (Å²) in [5, 5.41) is 13.4. The summed E-state index contributed by atoms with van der Waals surface area (Å²) in [6, 6.07) is 13.3. The van der Waals surface area contributed by atoms with Gasteiger partial charge in [0, 0.05) is 5.56 Å². The molecular weight excluding hydrogens is 342 g/mol. The molecule has 8 heteroatoms. The topological polar surface area (TPSA) is 71.8 Å². The number of carbonyl (C=O) groups is 1. The second-order valence-electron chi connectivity index (χ2n) is 4.99. The van der Waals surface area contributed by atoms with Gasteiger partial charge in [0.2, 0.25) is 5.16 Å². The van der Waals surface area contributed by atoms with Crippen LogP contribution in [-0.2, 0) is 0 Å². The highest BCUT2D eigenvalue weighted by atomic mass is 32.2. The number of nitrogens with zero attached hydrogens (tertiary/aromatic N) is 3. The maximum atomic E-state index is 12.6. The maximum Gasteiger partial charge on any atom is 0.258 e. The molecule has 24 heavy (non-hydrogen) atoms. The zero-order valence-corrected chi connectivity index (χ0v) is 14.7. The molecular formula is C16H15N5OS2. The number of rotatable bonds is 3. The van der Waals surface area contributed by atoms with Crippen molar-refractivity contribution in [3.8, 4) is 0 Å². The lowest BCUT2D eigenvalue weighted by Gasteiger charge is -2.13. The van der Waals surface area contributed by atoms with Crippen molar-refractivity contribution in [2.45, 2.75) is 12.1 Å². The number of hydrogen-bond acceptors (Lipinski definition) is 5. The van der Waals surface area contributed by atoms with E-state index < -0.39 is 0 Å². The van der Waals surface area contributed by atoms with E-state index in [0.717, 1.165) is 10.8 Å². The van der Waals surface area contributed by atoms with E-state index in [4.69, 9.17) is 12.2 Å². The van der Waals surface area contributed by atoms with Gasteiger partial charge in [0.1, 0.15) is 5.82 Å². The number of fused-ring (bicyclic) bond motifs is 1. The van der Waals surface area contributed by atoms with Crippen LogP contribution in [0.1, 0.15) is 16.2 Å². The van der Waals surface area contributed by atoms with E-state index in [9.17, 15) is 4.79 Å². The van der Waals surface area contributed by atoms with Gasteiger partial charge in [-0.25, -0.2) is 4.68 Å². The van der Waals surface area contributed by atoms with Crippen LogP contribution in [0.25, 0.3) is 10.8 Å². The molecule has 0 aliphatic heterocycles. The van der Waals surface area contributed by atoms with Gasteiger partial charge < -0.3 is 0 Å². The molecule has 0 saturated heterocycles. The van der Waals surface area contributed by atoms with Crippen LogP contribution >= 0.6 is 24.0 Å². The number of aryl methyl sites for hydroxylation is 1. The van der Waals surface area contributed by atoms with Gasteiger partial charge in [0.05, 0.1) is 0 Å². The van der Waals surface area contributed by atoms with Crippen molar-refractivity contribution in [3.63, 3.8) is 0 Å². The third-order valence-corrected chi connectivity index (χ3v) is 4.28. The SMILES string of the molecule is CSc1nnc(C)n1NC(=S)NC(=O)c1cccc2ccccc12. The third-order valence-electron chi connectivity index (χ3n) is 3.45. The van der Waals surface area contributed by atoms with Crippen LogP contribution in [0.5, 0.6) is 0 Å². The summed E-state index contributed by atoms with van der Waals surface area (Å²) in [6.45, 7) is 1.80. The standard InChI is InChI=1S/C16H15N5OS2/c1-10-18-19-16(24-2)21(10)20-15(23)17-14(22)13-9-5-7-11-6-3-4-8-12(11)13/h3-9H,1-2H3,(H2,17,20,22,23). The Morgan fingerprint density at radius 3 is 2.71 bits per heavy atom. The van der Waals surface area contributed by atoms with Crippen molar-refractivity contribution in [3.05, 3.63) is 53.9 Å². The van der Waals surface area contributed by atoms with Crippen molar-refractivity contribution in [1.82, 2.24) is 20.2 Å². The van der Waals surface area contributed by atoms with E-state index in [-0.39, 0.29) is 11.0 Å². The van der Waals surface area contributed by atoms with Crippen molar-refractivity contribution in [1.29, 1.82) is 0 Å². The molecule has 6 nitrogen and oxygen atoms in total. The van der Waals surface area contributed by atoms with Crippen LogP contribution in [0, 0.1) is 6.92 Å². The molecule has 0 aliphatic carbocycles. The zero-order valence-electron chi connectivity index (χ0n) is 13.1. The highest BCUT2D eigenvalue weighted by Crippen LogP contribution is 2.18. The molecule has 3 rings (SSSR count). The number of thioether (sulfide) groups is 1. The van der Waals surface area contributed by atoms with Gasteiger partial charge in [-0.1, -0.05) is 48.2 Å². The first-order chi connectivity index (χ1) is 11.6. The molecule has 0 bridgehead atoms. The lowest BCUT2D eigenvalue weighted by atomic mass is 10.0. The molecule has 122 valence electrons. The van der Waals surface area contributed by atoms with Crippen molar-refractivity contribution >= 4 is 45.8 Å². The highest BCUT2D eigenvalue weighted by molar-refractivity contribution is 7.98. The van der Waals surface area contributed by atoms with Gasteiger partial charge in [0.25, 0.3) is 5.91 Å². The summed E-state index contributed by atoms with van der Waals surface area (Å²) in [5.74, 6) is 0.391. The molecule has 3 aromatic rings. The number of carbonyl (C=O) groups excluding carboxylic acids is 1. The van der Waals surface area contributed by atoms with Crippen LogP contribution in [0.4, 0.5) is 0 Å². The van der Waals surface area contributed by atoms with Crippen LogP contribution < -0.4 is 10.7 Å². The highest BCUT2D eigenvalue weighted by Gasteiger charge is 2.13. The second kappa shape index (κ2) is 6.98. The monoisotopic (exact) mass is 357 g/mol. The van der Waals surface area contributed by atoms with Crippen LogP contribution in [-0.4, -0.2) is 32.1 Å². The fourth-order valence-electron chi connectivity index (χ4n) is 2.33. The second-order valence-corrected chi connectivity index (χ2v) is 6.17. The molecule has 1 heterocycles. The first-order valence-electron chi connectivity index (χ1n) is 7.16. The Labute approximate surface area is 148 Å². The fourth-order valence-corrected chi connectivity index (χ4v) is 2.99. The predicted octanol–water partition coefficient (Wildman–Crippen LogP) is 2.72. The predicted molar refractivity (Wildman–Crippen MR) is 99.9 cm³/mol. The summed E-state index contributed by atoms with van der Waals surface area (Å²) in [5.41, 5.74) is 3.50. The summed E-state index contributed by atoms with van der Waals surface area (Å²) < 4.78 is 1.64. The summed E-state index contributed by atoms with van der Waals surface area (Å²) in [4.78, 5) is 12.6. The molecule has 2 N–H and O–H groups in total. The van der Waals surface area contributed by atoms with Gasteiger partial charge in [-0.05, 0) is 42.2 Å². The van der Waals surface area contributed by atoms with Gasteiger partial charge in [0.15, 0.2) is 5.11 Å². The molecule has 1 amide bonds. The van der Waals surface area contributed by atoms with Gasteiger partial charge in [-0.2, -0.15) is 0 Å². The van der Waals surface area contributed by atoms with E-state index in [1.807, 2.05) is 42.7 Å². The summed E-state index contributed by atoms with van der Waals surface area (Å²) in [7, 11) is 0. The van der Waals surface area contributed by atoms with Gasteiger partial charge in [-0.3, -0.25) is 15.5 Å². The van der Waals surface area contributed by atoms with E-state index >= 15 is 0 Å². The van der Waals surface area contributed by atoms with Crippen molar-refractivity contribution in [2.24, 2.45) is 0 Å². The van der Waals surface area contributed by atoms with E-state index in [0.29, 0.717) is 16.5 Å². The average Bonchev–Trinajstić information content (AvgIpc) is 2.94. The molecule has 0 atom stereocenters. The lowest BCUT2D eigenvalue weighted by molar-refractivity contribution is 0.0979. The number of hydrogen-bond donors (Lipinski definition) is 2. The molecule has 0 radical (unpaired) electrons. The quantitative estimate of drug-likeness (QED) is 0.555. The number of nitrogens with one attached hydrogen (secondary N) is 2. The smallest absolute Gasteiger partial charge is 0.258 e. The summed E-state index contributed by atoms with van der Waals surface area (Å²) >= 11 is 6.67. The first-order valence-corrected chi connectivity index (χ1v) is 8.79. The maximum absolute atomic E-state index is 12.6. The minimum atomic E-state index is -0.263. The van der Waals surface area contributed by atoms with E-state index in [1.54, 1.807) is 17.7 Å². The number of aromatic nitrogens is 3. The fraction of sp³-hybridized carbons (Fsp3) is 0.125. The number of amides is 1. The Balaban J connectivity index is 1.79. The molecule has 1 aromatic heterocycles. The minimum absolute atomic E-state index is 0.186. The Morgan fingerprint density at radius 1 is 1.17 bits per heavy atom. The normalized spacial score (nSPS) is 10.6. The summed E-state index contributed by atoms with van der Waals surface area (Å²) in [6.07, 6.45) is 1.89. The number of benzene rings is 2. The van der Waals surface area contributed by atoms with E-state index in [1.165, 1.54) is 11.8 Å². The van der Waals surface area contributed by atoms with Crippen molar-refractivity contribution < 1.29 is 4.79 Å². The van der Waals surface area contributed by atoms with Gasteiger partial charge in [-0.15, -0.1) is 10.2 Å². The van der Waals surface area contributed by atoms with Gasteiger partial charge >= 0.3 is 0 Å². The third kappa shape index (κ3) is 3.24. The van der Waals surface area contributed by atoms with E-state index in [2.05, 4.69) is 20.9 Å². The van der Waals surface area contributed by atoms with Crippen LogP contribution in [0.15, 0.2) is 47.6 Å². The van der Waals surface area contributed by atoms with Crippen LogP contribution in [0.2, 0.25) is 0 Å². The Morgan fingerprint density at radius 2 is 1.92 bits per heavy atom. The largest absolute Gasteiger partial charge is 0.298 e. The minimum Gasteiger partial charge on any atom is -0.298 e. The van der Waals surface area contributed by atoms with Crippen molar-refractivity contribution in [2.75, 3.05) is 11.7 Å². The zero-order chi connectivity index (χ0) is 17.1. The Bertz CT molecular complexity index is 916. The molecule has 0 fully saturated rings. The number of thiocarbonyl (C=S) groups is 1. The molecule has 0 saturated carbocycles. The molecule has 0 spiro atoms. The molecule has 0 unspecified atom stereocenters. The Hall–Kier alpha value is -2.45. The first kappa shape index (κ1) is 16.4. The Kier molecular flexibility index (Phi) is 4.77. The lowest BCUT2D eigenvalue weighted by Crippen LogP contribution is -2.38. The molecule has 0 aliphatic rings. The molecule has 2 aromatic carbocycles. The van der Waals surface area contributed by atoms with Crippen LogP contribution in [0.3, 0.4) is 0 Å². The average molecular weight is 357 g/mol.